The van der Waals surface area contributed by atoms with E-state index >= 15 is 0 Å². The predicted octanol–water partition coefficient (Wildman–Crippen LogP) is 1.77. The molecule has 8 heteroatoms. The summed E-state index contributed by atoms with van der Waals surface area (Å²) in [6.07, 6.45) is -3.82. The van der Waals surface area contributed by atoms with Gasteiger partial charge >= 0.3 is 12.1 Å². The molecule has 5 nitrogen and oxygen atoms in total. The highest BCUT2D eigenvalue weighted by molar-refractivity contribution is 6.36. The second-order valence-electron chi connectivity index (χ2n) is 4.15. The number of alkyl halides is 3. The second kappa shape index (κ2) is 8.44. The summed E-state index contributed by atoms with van der Waals surface area (Å²) in [5, 5.41) is 0. The zero-order valence-corrected chi connectivity index (χ0v) is 10.9. The minimum absolute atomic E-state index is 0.0576. The van der Waals surface area contributed by atoms with Crippen molar-refractivity contribution in [2.24, 2.45) is 0 Å². The van der Waals surface area contributed by atoms with E-state index in [1.54, 1.807) is 0 Å². The van der Waals surface area contributed by atoms with Gasteiger partial charge in [0.05, 0.1) is 0 Å². The number of Topliss-reactive ketones (excluding diaryl/α,β-unsaturated/α-hetero) is 3. The van der Waals surface area contributed by atoms with Crippen LogP contribution in [0.3, 0.4) is 0 Å². The summed E-state index contributed by atoms with van der Waals surface area (Å²) in [4.78, 5) is 43.5. The minimum atomic E-state index is -4.66. The first-order chi connectivity index (χ1) is 9.13. The van der Waals surface area contributed by atoms with Crippen molar-refractivity contribution < 1.29 is 37.1 Å². The van der Waals surface area contributed by atoms with E-state index in [9.17, 15) is 32.3 Å². The molecule has 0 aromatic carbocycles. The fourth-order valence-corrected chi connectivity index (χ4v) is 1.25. The average molecular weight is 296 g/mol. The van der Waals surface area contributed by atoms with Gasteiger partial charge in [-0.3, -0.25) is 14.4 Å². The van der Waals surface area contributed by atoms with Crippen LogP contribution in [0.25, 0.3) is 0 Å². The molecule has 0 unspecified atom stereocenters. The van der Waals surface area contributed by atoms with Gasteiger partial charge in [-0.2, -0.15) is 13.2 Å². The van der Waals surface area contributed by atoms with E-state index in [1.165, 1.54) is 0 Å². The average Bonchev–Trinajstić information content (AvgIpc) is 2.33. The lowest BCUT2D eigenvalue weighted by molar-refractivity contribution is -0.187. The molecule has 0 fully saturated rings. The standard InChI is InChI=1S/C12H15F3O5/c1-8(16)9(17)5-3-2-4-6-10(18)11(19)20-7-12(13,14)15/h2-7H2,1H3. The molecule has 0 aliphatic heterocycles. The van der Waals surface area contributed by atoms with Gasteiger partial charge in [0.2, 0.25) is 5.78 Å². The summed E-state index contributed by atoms with van der Waals surface area (Å²) in [7, 11) is 0. The maximum Gasteiger partial charge on any atom is 0.422 e. The van der Waals surface area contributed by atoms with Crippen LogP contribution in [0.2, 0.25) is 0 Å². The first-order valence-electron chi connectivity index (χ1n) is 5.94. The van der Waals surface area contributed by atoms with E-state index in [4.69, 9.17) is 0 Å². The van der Waals surface area contributed by atoms with E-state index in [1.807, 2.05) is 0 Å². The summed E-state index contributed by atoms with van der Waals surface area (Å²) >= 11 is 0. The van der Waals surface area contributed by atoms with Crippen molar-refractivity contribution in [3.8, 4) is 0 Å². The predicted molar refractivity (Wildman–Crippen MR) is 60.8 cm³/mol. The Labute approximate surface area is 113 Å². The van der Waals surface area contributed by atoms with Crippen LogP contribution in [-0.2, 0) is 23.9 Å². The molecule has 0 bridgehead atoms. The molecule has 0 aliphatic carbocycles. The highest BCUT2D eigenvalue weighted by atomic mass is 19.4. The van der Waals surface area contributed by atoms with Gasteiger partial charge in [0.15, 0.2) is 18.2 Å². The Morgan fingerprint density at radius 1 is 0.900 bits per heavy atom. The summed E-state index contributed by atoms with van der Waals surface area (Å²) < 4.78 is 39.0. The lowest BCUT2D eigenvalue weighted by atomic mass is 10.1. The van der Waals surface area contributed by atoms with Gasteiger partial charge in [-0.25, -0.2) is 4.79 Å². The molecule has 0 amide bonds. The van der Waals surface area contributed by atoms with Gasteiger partial charge < -0.3 is 4.74 Å². The lowest BCUT2D eigenvalue weighted by Crippen LogP contribution is -2.25. The Kier molecular flexibility index (Phi) is 7.71. The van der Waals surface area contributed by atoms with E-state index in [2.05, 4.69) is 4.74 Å². The monoisotopic (exact) mass is 296 g/mol. The van der Waals surface area contributed by atoms with Gasteiger partial charge in [-0.05, 0) is 12.8 Å². The zero-order valence-electron chi connectivity index (χ0n) is 10.9. The third-order valence-corrected chi connectivity index (χ3v) is 2.29. The molecule has 0 aromatic rings. The number of hydrogen-bond acceptors (Lipinski definition) is 5. The van der Waals surface area contributed by atoms with Crippen LogP contribution in [0.15, 0.2) is 0 Å². The van der Waals surface area contributed by atoms with Gasteiger partial charge in [0.25, 0.3) is 0 Å². The van der Waals surface area contributed by atoms with Gasteiger partial charge in [-0.1, -0.05) is 6.42 Å². The zero-order chi connectivity index (χ0) is 15.8. The quantitative estimate of drug-likeness (QED) is 0.368. The number of unbranched alkanes of at least 4 members (excludes halogenated alkanes) is 2. The molecule has 0 rings (SSSR count). The Morgan fingerprint density at radius 2 is 1.40 bits per heavy atom. The van der Waals surface area contributed by atoms with Gasteiger partial charge in [0, 0.05) is 19.8 Å². The van der Waals surface area contributed by atoms with Crippen LogP contribution in [0.5, 0.6) is 0 Å². The Balaban J connectivity index is 3.75. The molecule has 0 aliphatic rings. The largest absolute Gasteiger partial charge is 0.450 e. The Hall–Kier alpha value is -1.73. The first-order valence-corrected chi connectivity index (χ1v) is 5.94. The van der Waals surface area contributed by atoms with Crippen molar-refractivity contribution in [3.05, 3.63) is 0 Å². The van der Waals surface area contributed by atoms with Gasteiger partial charge in [-0.15, -0.1) is 0 Å². The number of ketones is 3. The number of rotatable bonds is 9. The number of esters is 1. The smallest absolute Gasteiger partial charge is 0.422 e. The van der Waals surface area contributed by atoms with Crippen molar-refractivity contribution in [2.45, 2.75) is 45.2 Å². The summed E-state index contributed by atoms with van der Waals surface area (Å²) in [6, 6.07) is 0. The lowest BCUT2D eigenvalue weighted by Gasteiger charge is -2.06. The third kappa shape index (κ3) is 9.23. The number of halogens is 3. The van der Waals surface area contributed by atoms with Crippen molar-refractivity contribution in [3.63, 3.8) is 0 Å². The van der Waals surface area contributed by atoms with Crippen LogP contribution in [-0.4, -0.2) is 36.1 Å². The molecule has 0 heterocycles. The summed E-state index contributed by atoms with van der Waals surface area (Å²) in [5.74, 6) is -3.60. The third-order valence-electron chi connectivity index (χ3n) is 2.29. The molecular weight excluding hydrogens is 281 g/mol. The molecule has 0 N–H and O–H groups in total. The topological polar surface area (TPSA) is 77.5 Å². The fourth-order valence-electron chi connectivity index (χ4n) is 1.25. The Bertz CT molecular complexity index is 387. The van der Waals surface area contributed by atoms with Crippen LogP contribution in [0.1, 0.15) is 39.0 Å². The summed E-state index contributed by atoms with van der Waals surface area (Å²) in [6.45, 7) is -0.632. The van der Waals surface area contributed by atoms with Crippen molar-refractivity contribution in [1.29, 1.82) is 0 Å². The number of ether oxygens (including phenoxy) is 1. The highest BCUT2D eigenvalue weighted by Gasteiger charge is 2.30. The SMILES string of the molecule is CC(=O)C(=O)CCCCCC(=O)C(=O)OCC(F)(F)F. The van der Waals surface area contributed by atoms with Crippen LogP contribution in [0.4, 0.5) is 13.2 Å². The molecule has 0 saturated carbocycles. The molecule has 0 radical (unpaired) electrons. The van der Waals surface area contributed by atoms with Crippen LogP contribution >= 0.6 is 0 Å². The van der Waals surface area contributed by atoms with Crippen molar-refractivity contribution >= 4 is 23.3 Å². The number of carbonyl (C=O) groups excluding carboxylic acids is 4. The molecule has 0 spiro atoms. The Morgan fingerprint density at radius 3 is 1.85 bits per heavy atom. The van der Waals surface area contributed by atoms with Crippen molar-refractivity contribution in [2.75, 3.05) is 6.61 Å². The van der Waals surface area contributed by atoms with Gasteiger partial charge in [0.1, 0.15) is 0 Å². The van der Waals surface area contributed by atoms with E-state index < -0.39 is 36.1 Å². The van der Waals surface area contributed by atoms with E-state index in [0.717, 1.165) is 6.92 Å². The van der Waals surface area contributed by atoms with E-state index in [0.29, 0.717) is 12.8 Å². The fraction of sp³-hybridized carbons (Fsp3) is 0.667. The maximum atomic E-state index is 11.7. The maximum absolute atomic E-state index is 11.7. The number of hydrogen-bond donors (Lipinski definition) is 0. The molecule has 0 saturated heterocycles. The summed E-state index contributed by atoms with van der Waals surface area (Å²) in [5.41, 5.74) is 0. The molecule has 0 aromatic heterocycles. The second-order valence-corrected chi connectivity index (χ2v) is 4.15. The van der Waals surface area contributed by atoms with Crippen LogP contribution in [0, 0.1) is 0 Å². The van der Waals surface area contributed by atoms with Crippen LogP contribution < -0.4 is 0 Å². The molecule has 20 heavy (non-hydrogen) atoms. The van der Waals surface area contributed by atoms with E-state index in [-0.39, 0.29) is 19.3 Å². The first kappa shape index (κ1) is 18.3. The molecular formula is C12H15F3O5. The minimum Gasteiger partial charge on any atom is -0.450 e. The molecule has 114 valence electrons. The highest BCUT2D eigenvalue weighted by Crippen LogP contribution is 2.14. The number of carbonyl (C=O) groups is 4. The van der Waals surface area contributed by atoms with Crippen molar-refractivity contribution in [1.82, 2.24) is 0 Å². The normalized spacial score (nSPS) is 11.0. The molecule has 0 atom stereocenters.